The number of phenolic OH excluding ortho intramolecular Hbond substituents is 2. The Labute approximate surface area is 139 Å². The minimum Gasteiger partial charge on any atom is -0.508 e. The van der Waals surface area contributed by atoms with Gasteiger partial charge in [-0.25, -0.2) is 0 Å². The van der Waals surface area contributed by atoms with Crippen molar-refractivity contribution in [3.8, 4) is 17.2 Å². The SMILES string of the molecule is COc1ccc(CNC(=S)N/N=C/c2ccc(O)cc2O)cc1. The summed E-state index contributed by atoms with van der Waals surface area (Å²) in [7, 11) is 1.62. The van der Waals surface area contributed by atoms with E-state index >= 15 is 0 Å². The molecule has 0 aromatic heterocycles. The molecule has 6 nitrogen and oxygen atoms in total. The lowest BCUT2D eigenvalue weighted by atomic mass is 10.2. The summed E-state index contributed by atoms with van der Waals surface area (Å²) in [4.78, 5) is 0. The van der Waals surface area contributed by atoms with Gasteiger partial charge in [-0.3, -0.25) is 5.43 Å². The van der Waals surface area contributed by atoms with Crippen molar-refractivity contribution in [3.05, 3.63) is 53.6 Å². The van der Waals surface area contributed by atoms with E-state index in [9.17, 15) is 10.2 Å². The Morgan fingerprint density at radius 1 is 1.22 bits per heavy atom. The van der Waals surface area contributed by atoms with Crippen molar-refractivity contribution in [2.75, 3.05) is 7.11 Å². The highest BCUT2D eigenvalue weighted by molar-refractivity contribution is 7.80. The van der Waals surface area contributed by atoms with Crippen LogP contribution in [0.25, 0.3) is 0 Å². The zero-order valence-electron chi connectivity index (χ0n) is 12.5. The first kappa shape index (κ1) is 16.6. The average Bonchev–Trinajstić information content (AvgIpc) is 2.55. The molecule has 2 aromatic rings. The molecule has 0 bridgehead atoms. The fraction of sp³-hybridized carbons (Fsp3) is 0.125. The van der Waals surface area contributed by atoms with E-state index in [1.807, 2.05) is 24.3 Å². The molecule has 2 rings (SSSR count). The third-order valence-corrected chi connectivity index (χ3v) is 3.23. The van der Waals surface area contributed by atoms with Crippen molar-refractivity contribution in [1.29, 1.82) is 0 Å². The minimum atomic E-state index is -0.0624. The van der Waals surface area contributed by atoms with Gasteiger partial charge in [-0.15, -0.1) is 0 Å². The number of nitrogens with one attached hydrogen (secondary N) is 2. The molecule has 0 atom stereocenters. The van der Waals surface area contributed by atoms with E-state index in [1.54, 1.807) is 13.2 Å². The zero-order chi connectivity index (χ0) is 16.7. The molecule has 4 N–H and O–H groups in total. The van der Waals surface area contributed by atoms with E-state index in [0.29, 0.717) is 17.2 Å². The van der Waals surface area contributed by atoms with E-state index in [2.05, 4.69) is 15.8 Å². The first-order chi connectivity index (χ1) is 11.1. The van der Waals surface area contributed by atoms with Crippen LogP contribution in [0, 0.1) is 0 Å². The second-order valence-electron chi connectivity index (χ2n) is 4.64. The van der Waals surface area contributed by atoms with Gasteiger partial charge in [0.1, 0.15) is 17.2 Å². The summed E-state index contributed by atoms with van der Waals surface area (Å²) in [6, 6.07) is 11.9. The molecule has 2 aromatic carbocycles. The summed E-state index contributed by atoms with van der Waals surface area (Å²) < 4.78 is 5.09. The Morgan fingerprint density at radius 3 is 2.61 bits per heavy atom. The monoisotopic (exact) mass is 331 g/mol. The van der Waals surface area contributed by atoms with Crippen LogP contribution in [0.5, 0.6) is 17.2 Å². The Balaban J connectivity index is 1.81. The van der Waals surface area contributed by atoms with Gasteiger partial charge < -0.3 is 20.3 Å². The number of hydrogen-bond donors (Lipinski definition) is 4. The molecule has 0 amide bonds. The van der Waals surface area contributed by atoms with Gasteiger partial charge >= 0.3 is 0 Å². The molecular formula is C16H17N3O3S. The molecule has 0 heterocycles. The molecule has 0 aliphatic carbocycles. The summed E-state index contributed by atoms with van der Waals surface area (Å²) in [6.45, 7) is 0.551. The van der Waals surface area contributed by atoms with E-state index < -0.39 is 0 Å². The van der Waals surface area contributed by atoms with Crippen LogP contribution in [0.3, 0.4) is 0 Å². The second-order valence-corrected chi connectivity index (χ2v) is 5.05. The van der Waals surface area contributed by atoms with Crippen LogP contribution in [0.4, 0.5) is 0 Å². The maximum Gasteiger partial charge on any atom is 0.187 e. The molecule has 0 aliphatic heterocycles. The lowest BCUT2D eigenvalue weighted by Gasteiger charge is -2.07. The smallest absolute Gasteiger partial charge is 0.187 e. The second kappa shape index (κ2) is 8.00. The van der Waals surface area contributed by atoms with Crippen molar-refractivity contribution in [2.45, 2.75) is 6.54 Å². The number of phenols is 2. The summed E-state index contributed by atoms with van der Waals surface area (Å²) in [6.07, 6.45) is 1.41. The molecule has 0 saturated carbocycles. The van der Waals surface area contributed by atoms with Gasteiger partial charge in [-0.2, -0.15) is 5.10 Å². The predicted molar refractivity (Wildman–Crippen MR) is 92.9 cm³/mol. The third kappa shape index (κ3) is 5.15. The normalized spacial score (nSPS) is 10.5. The third-order valence-electron chi connectivity index (χ3n) is 3.00. The van der Waals surface area contributed by atoms with E-state index in [4.69, 9.17) is 17.0 Å². The topological polar surface area (TPSA) is 86.1 Å². The molecule has 120 valence electrons. The maximum atomic E-state index is 9.61. The number of nitrogens with zero attached hydrogens (tertiary/aromatic N) is 1. The van der Waals surface area contributed by atoms with Crippen LogP contribution in [0.15, 0.2) is 47.6 Å². The van der Waals surface area contributed by atoms with Crippen molar-refractivity contribution in [2.24, 2.45) is 5.10 Å². The summed E-state index contributed by atoms with van der Waals surface area (Å²) in [5, 5.41) is 26.1. The number of methoxy groups -OCH3 is 1. The lowest BCUT2D eigenvalue weighted by molar-refractivity contribution is 0.414. The minimum absolute atomic E-state index is 0.00992. The Hall–Kier alpha value is -2.80. The van der Waals surface area contributed by atoms with Crippen molar-refractivity contribution in [3.63, 3.8) is 0 Å². The Morgan fingerprint density at radius 2 is 1.96 bits per heavy atom. The van der Waals surface area contributed by atoms with Crippen LogP contribution >= 0.6 is 12.2 Å². The number of aromatic hydroxyl groups is 2. The van der Waals surface area contributed by atoms with Gasteiger partial charge in [0.25, 0.3) is 0 Å². The molecule has 0 unspecified atom stereocenters. The van der Waals surface area contributed by atoms with Crippen molar-refractivity contribution in [1.82, 2.24) is 10.7 Å². The Kier molecular flexibility index (Phi) is 5.76. The molecule has 23 heavy (non-hydrogen) atoms. The summed E-state index contributed by atoms with van der Waals surface area (Å²) >= 11 is 5.11. The zero-order valence-corrected chi connectivity index (χ0v) is 13.3. The van der Waals surface area contributed by atoms with Gasteiger partial charge in [0.2, 0.25) is 0 Å². The highest BCUT2D eigenvalue weighted by Gasteiger charge is 2.00. The van der Waals surface area contributed by atoms with Crippen molar-refractivity contribution >= 4 is 23.5 Å². The van der Waals surface area contributed by atoms with Gasteiger partial charge in [0.15, 0.2) is 5.11 Å². The predicted octanol–water partition coefficient (Wildman–Crippen LogP) is 2.10. The Bertz CT molecular complexity index is 702. The van der Waals surface area contributed by atoms with Crippen LogP contribution in [0.2, 0.25) is 0 Å². The largest absolute Gasteiger partial charge is 0.508 e. The quantitative estimate of drug-likeness (QED) is 0.381. The van der Waals surface area contributed by atoms with E-state index in [1.165, 1.54) is 18.3 Å². The summed E-state index contributed by atoms with van der Waals surface area (Å²) in [5.74, 6) is 0.727. The van der Waals surface area contributed by atoms with Gasteiger partial charge in [-0.1, -0.05) is 12.1 Å². The van der Waals surface area contributed by atoms with E-state index in [-0.39, 0.29) is 11.5 Å². The first-order valence-electron chi connectivity index (χ1n) is 6.80. The number of hydrazone groups is 1. The maximum absolute atomic E-state index is 9.61. The van der Waals surface area contributed by atoms with Crippen LogP contribution in [0.1, 0.15) is 11.1 Å². The van der Waals surface area contributed by atoms with Gasteiger partial charge in [0.05, 0.1) is 13.3 Å². The van der Waals surface area contributed by atoms with Gasteiger partial charge in [0, 0.05) is 18.2 Å². The number of benzene rings is 2. The van der Waals surface area contributed by atoms with Crippen LogP contribution < -0.4 is 15.5 Å². The number of rotatable bonds is 5. The van der Waals surface area contributed by atoms with Crippen LogP contribution in [-0.2, 0) is 6.54 Å². The summed E-state index contributed by atoms with van der Waals surface area (Å²) in [5.41, 5.74) is 4.17. The fourth-order valence-corrected chi connectivity index (χ4v) is 1.89. The number of thiocarbonyl (C=S) groups is 1. The standard InChI is InChI=1S/C16H17N3O3S/c1-22-14-6-2-11(3-7-14)9-17-16(23)19-18-10-12-4-5-13(20)8-15(12)21/h2-8,10,20-21H,9H2,1H3,(H2,17,19,23)/b18-10+. The molecule has 0 radical (unpaired) electrons. The van der Waals surface area contributed by atoms with Crippen LogP contribution in [-0.4, -0.2) is 28.6 Å². The number of ether oxygens (including phenoxy) is 1. The molecule has 0 aliphatic rings. The molecule has 7 heteroatoms. The molecule has 0 saturated heterocycles. The molecule has 0 fully saturated rings. The van der Waals surface area contributed by atoms with E-state index in [0.717, 1.165) is 11.3 Å². The fourth-order valence-electron chi connectivity index (χ4n) is 1.77. The lowest BCUT2D eigenvalue weighted by Crippen LogP contribution is -2.31. The highest BCUT2D eigenvalue weighted by Crippen LogP contribution is 2.20. The first-order valence-corrected chi connectivity index (χ1v) is 7.21. The number of hydrogen-bond acceptors (Lipinski definition) is 5. The molecule has 0 spiro atoms. The van der Waals surface area contributed by atoms with Crippen molar-refractivity contribution < 1.29 is 14.9 Å². The average molecular weight is 331 g/mol. The molecular weight excluding hydrogens is 314 g/mol. The van der Waals surface area contributed by atoms with Gasteiger partial charge in [-0.05, 0) is 42.0 Å². The highest BCUT2D eigenvalue weighted by atomic mass is 32.1.